The van der Waals surface area contributed by atoms with Crippen LogP contribution in [0.15, 0.2) is 249 Å². The summed E-state index contributed by atoms with van der Waals surface area (Å²) < 4.78 is 5.05. The molecule has 12 rings (SSSR count). The van der Waals surface area contributed by atoms with Gasteiger partial charge in [0.1, 0.15) is 0 Å². The van der Waals surface area contributed by atoms with Crippen molar-refractivity contribution in [2.45, 2.75) is 0 Å². The smallest absolute Gasteiger partial charge is 0.0476 e. The van der Waals surface area contributed by atoms with Gasteiger partial charge in [-0.1, -0.05) is 127 Å². The highest BCUT2D eigenvalue weighted by Crippen LogP contribution is 2.46. The molecule has 12 aromatic rings. The van der Waals surface area contributed by atoms with Gasteiger partial charge in [0.15, 0.2) is 0 Å². The van der Waals surface area contributed by atoms with Crippen molar-refractivity contribution in [1.82, 2.24) is 0 Å². The van der Waals surface area contributed by atoms with Crippen LogP contribution in [-0.4, -0.2) is 0 Å². The normalized spacial score (nSPS) is 11.4. The van der Waals surface area contributed by atoms with E-state index in [1.807, 2.05) is 22.7 Å². The van der Waals surface area contributed by atoms with Crippen LogP contribution in [0.2, 0.25) is 0 Å². The van der Waals surface area contributed by atoms with E-state index in [9.17, 15) is 0 Å². The molecule has 10 aromatic carbocycles. The van der Waals surface area contributed by atoms with Crippen molar-refractivity contribution in [3.05, 3.63) is 249 Å². The van der Waals surface area contributed by atoms with Crippen LogP contribution in [0.5, 0.6) is 0 Å². The fraction of sp³-hybridized carbons (Fsp3) is 0. The zero-order valence-corrected chi connectivity index (χ0v) is 37.0. The van der Waals surface area contributed by atoms with E-state index in [1.165, 1.54) is 51.5 Å². The van der Waals surface area contributed by atoms with E-state index >= 15 is 0 Å². The van der Waals surface area contributed by atoms with Crippen molar-refractivity contribution in [2.75, 3.05) is 14.7 Å². The molecule has 0 bridgehead atoms. The Labute approximate surface area is 386 Å². The minimum Gasteiger partial charge on any atom is -0.310 e. The van der Waals surface area contributed by atoms with E-state index < -0.39 is 0 Å². The number of rotatable bonds is 10. The molecule has 0 aliphatic rings. The quantitative estimate of drug-likeness (QED) is 0.136. The van der Waals surface area contributed by atoms with Crippen molar-refractivity contribution in [3.63, 3.8) is 0 Å². The molecule has 2 aromatic heterocycles. The highest BCUT2D eigenvalue weighted by atomic mass is 32.1. The average Bonchev–Trinajstić information content (AvgIpc) is 3.93. The Kier molecular flexibility index (Phi) is 9.90. The standard InChI is InChI=1S/C60H41N3S2/c1-6-16-42(17-7-1)43-26-28-48(29-27-43)63(49-32-36-57-55(38-49)53-34-30-51(40-59(53)64-57)61(44-18-8-2-9-19-44)45-20-10-3-11-21-45)50-33-37-58-56(39-50)54-35-31-52(41-60(54)65-58)62(46-22-12-4-13-23-46)47-24-14-5-15-25-47/h1-41H. The van der Waals surface area contributed by atoms with E-state index in [1.54, 1.807) is 0 Å². The fourth-order valence-electron chi connectivity index (χ4n) is 9.15. The maximum atomic E-state index is 2.42. The zero-order chi connectivity index (χ0) is 43.1. The molecule has 0 unspecified atom stereocenters. The van der Waals surface area contributed by atoms with Crippen LogP contribution in [0, 0.1) is 0 Å². The Morgan fingerprint density at radius 3 is 0.892 bits per heavy atom. The van der Waals surface area contributed by atoms with E-state index in [0.29, 0.717) is 0 Å². The van der Waals surface area contributed by atoms with Gasteiger partial charge in [-0.3, -0.25) is 0 Å². The molecule has 308 valence electrons. The molecule has 5 heteroatoms. The first kappa shape index (κ1) is 38.7. The van der Waals surface area contributed by atoms with Crippen LogP contribution in [0.3, 0.4) is 0 Å². The van der Waals surface area contributed by atoms with E-state index in [0.717, 1.165) is 51.2 Å². The summed E-state index contributed by atoms with van der Waals surface area (Å²) in [4.78, 5) is 7.09. The van der Waals surface area contributed by atoms with Gasteiger partial charge in [0.25, 0.3) is 0 Å². The molecule has 0 saturated heterocycles. The number of hydrogen-bond acceptors (Lipinski definition) is 5. The average molecular weight is 868 g/mol. The van der Waals surface area contributed by atoms with E-state index in [4.69, 9.17) is 0 Å². The first-order valence-electron chi connectivity index (χ1n) is 21.9. The lowest BCUT2D eigenvalue weighted by Crippen LogP contribution is -2.09. The Morgan fingerprint density at radius 1 is 0.200 bits per heavy atom. The van der Waals surface area contributed by atoms with Crippen molar-refractivity contribution in [2.24, 2.45) is 0 Å². The Balaban J connectivity index is 0.972. The van der Waals surface area contributed by atoms with Gasteiger partial charge < -0.3 is 14.7 Å². The molecule has 0 aliphatic carbocycles. The molecule has 0 amide bonds. The van der Waals surface area contributed by atoms with Gasteiger partial charge in [0, 0.05) is 91.5 Å². The summed E-state index contributed by atoms with van der Waals surface area (Å²) in [7, 11) is 0. The first-order valence-corrected chi connectivity index (χ1v) is 23.5. The lowest BCUT2D eigenvalue weighted by atomic mass is 10.0. The highest BCUT2D eigenvalue weighted by Gasteiger charge is 2.20. The highest BCUT2D eigenvalue weighted by molar-refractivity contribution is 7.26. The van der Waals surface area contributed by atoms with Gasteiger partial charge >= 0.3 is 0 Å². The van der Waals surface area contributed by atoms with Gasteiger partial charge in [-0.05, 0) is 132 Å². The molecule has 0 atom stereocenters. The second-order valence-corrected chi connectivity index (χ2v) is 18.4. The van der Waals surface area contributed by atoms with Crippen LogP contribution < -0.4 is 14.7 Å². The molecule has 65 heavy (non-hydrogen) atoms. The molecular formula is C60H41N3S2. The third kappa shape index (κ3) is 7.27. The number of thiophene rings is 2. The fourth-order valence-corrected chi connectivity index (χ4v) is 11.4. The third-order valence-electron chi connectivity index (χ3n) is 12.2. The van der Waals surface area contributed by atoms with Crippen LogP contribution >= 0.6 is 22.7 Å². The van der Waals surface area contributed by atoms with Crippen LogP contribution in [0.1, 0.15) is 0 Å². The number of hydrogen-bond donors (Lipinski definition) is 0. The van der Waals surface area contributed by atoms with Crippen molar-refractivity contribution >= 4 is 114 Å². The molecule has 0 spiro atoms. The van der Waals surface area contributed by atoms with Crippen molar-refractivity contribution in [3.8, 4) is 11.1 Å². The number of anilines is 9. The maximum Gasteiger partial charge on any atom is 0.0476 e. The Hall–Kier alpha value is -7.96. The predicted molar refractivity (Wildman–Crippen MR) is 282 cm³/mol. The molecule has 0 N–H and O–H groups in total. The Morgan fingerprint density at radius 2 is 0.492 bits per heavy atom. The number of fused-ring (bicyclic) bond motifs is 6. The lowest BCUT2D eigenvalue weighted by Gasteiger charge is -2.26. The van der Waals surface area contributed by atoms with Crippen LogP contribution in [-0.2, 0) is 0 Å². The lowest BCUT2D eigenvalue weighted by molar-refractivity contribution is 1.29. The van der Waals surface area contributed by atoms with Crippen LogP contribution in [0.25, 0.3) is 51.5 Å². The number of para-hydroxylation sites is 4. The van der Waals surface area contributed by atoms with Crippen molar-refractivity contribution in [1.29, 1.82) is 0 Å². The molecule has 0 radical (unpaired) electrons. The zero-order valence-electron chi connectivity index (χ0n) is 35.3. The summed E-state index contributed by atoms with van der Waals surface area (Å²) in [5.74, 6) is 0. The van der Waals surface area contributed by atoms with Crippen molar-refractivity contribution < 1.29 is 0 Å². The molecular weight excluding hydrogens is 827 g/mol. The van der Waals surface area contributed by atoms with E-state index in [2.05, 4.69) is 263 Å². The molecule has 3 nitrogen and oxygen atoms in total. The monoisotopic (exact) mass is 867 g/mol. The topological polar surface area (TPSA) is 9.72 Å². The largest absolute Gasteiger partial charge is 0.310 e. The minimum absolute atomic E-state index is 1.11. The predicted octanol–water partition coefficient (Wildman–Crippen LogP) is 18.5. The number of benzene rings is 10. The third-order valence-corrected chi connectivity index (χ3v) is 14.5. The molecule has 2 heterocycles. The molecule has 0 fully saturated rings. The summed E-state index contributed by atoms with van der Waals surface area (Å²) in [6.07, 6.45) is 0. The second-order valence-electron chi connectivity index (χ2n) is 16.2. The Bertz CT molecular complexity index is 3310. The number of nitrogens with zero attached hydrogens (tertiary/aromatic N) is 3. The van der Waals surface area contributed by atoms with Crippen LogP contribution in [0.4, 0.5) is 51.2 Å². The summed E-state index contributed by atoms with van der Waals surface area (Å²) in [5.41, 5.74) is 12.5. The van der Waals surface area contributed by atoms with E-state index in [-0.39, 0.29) is 0 Å². The first-order chi connectivity index (χ1) is 32.2. The summed E-state index contributed by atoms with van der Waals surface area (Å²) in [5, 5.41) is 5.01. The maximum absolute atomic E-state index is 2.42. The van der Waals surface area contributed by atoms with Gasteiger partial charge in [-0.2, -0.15) is 0 Å². The molecule has 0 saturated carbocycles. The SMILES string of the molecule is c1ccc(-c2ccc(N(c3ccc4sc5cc(N(c6ccccc6)c6ccccc6)ccc5c4c3)c3ccc4sc5cc(N(c6ccccc6)c6ccccc6)ccc5c4c3)cc2)cc1. The minimum atomic E-state index is 1.11. The summed E-state index contributed by atoms with van der Waals surface area (Å²) in [6.45, 7) is 0. The molecule has 0 aliphatic heterocycles. The summed E-state index contributed by atoms with van der Waals surface area (Å²) in [6, 6.07) is 89.9. The summed E-state index contributed by atoms with van der Waals surface area (Å²) >= 11 is 3.71. The van der Waals surface area contributed by atoms with Gasteiger partial charge in [0.05, 0.1) is 0 Å². The second kappa shape index (κ2) is 16.6. The van der Waals surface area contributed by atoms with Gasteiger partial charge in [0.2, 0.25) is 0 Å². The van der Waals surface area contributed by atoms with Gasteiger partial charge in [-0.25, -0.2) is 0 Å². The van der Waals surface area contributed by atoms with Gasteiger partial charge in [-0.15, -0.1) is 22.7 Å².